The molecule has 3 aromatic carbocycles. The summed E-state index contributed by atoms with van der Waals surface area (Å²) >= 11 is 5.55. The van der Waals surface area contributed by atoms with E-state index in [4.69, 9.17) is 4.74 Å². The van der Waals surface area contributed by atoms with Crippen LogP contribution < -0.4 is 15.9 Å². The molecule has 1 nitrogen and oxygen atoms in total. The first-order valence-corrected chi connectivity index (χ1v) is 19.8. The van der Waals surface area contributed by atoms with E-state index < -0.39 is 7.26 Å². The normalized spacial score (nSPS) is 16.0. The van der Waals surface area contributed by atoms with Crippen molar-refractivity contribution in [3.63, 3.8) is 0 Å². The van der Waals surface area contributed by atoms with Gasteiger partial charge in [-0.05, 0) is 0 Å². The molecule has 2 aromatic heterocycles. The number of hydrogen-bond donors (Lipinski definition) is 0. The molecule has 225 valence electrons. The van der Waals surface area contributed by atoms with Gasteiger partial charge in [0, 0.05) is 0 Å². The van der Waals surface area contributed by atoms with Gasteiger partial charge in [-0.1, -0.05) is 0 Å². The Morgan fingerprint density at radius 3 is 1.87 bits per heavy atom. The molecule has 0 amide bonds. The molecule has 0 radical (unpaired) electrons. The van der Waals surface area contributed by atoms with Crippen LogP contribution in [0.5, 0.6) is 0 Å². The summed E-state index contributed by atoms with van der Waals surface area (Å²) in [7, 11) is -2.37. The van der Waals surface area contributed by atoms with Gasteiger partial charge in [0.2, 0.25) is 0 Å². The Hall–Kier alpha value is -3.17. The van der Waals surface area contributed by atoms with Crippen molar-refractivity contribution in [3.8, 4) is 14.1 Å². The first-order chi connectivity index (χ1) is 22.2. The molecule has 1 saturated heterocycles. The zero-order valence-electron chi connectivity index (χ0n) is 25.4. The van der Waals surface area contributed by atoms with Crippen LogP contribution in [-0.4, -0.2) is 13.2 Å². The van der Waals surface area contributed by atoms with Crippen molar-refractivity contribution in [2.75, 3.05) is 13.2 Å². The van der Waals surface area contributed by atoms with E-state index in [0.29, 0.717) is 13.2 Å². The van der Waals surface area contributed by atoms with Crippen LogP contribution in [0.2, 0.25) is 0 Å². The van der Waals surface area contributed by atoms with Crippen LogP contribution in [0, 0.1) is 4.37 Å². The van der Waals surface area contributed by atoms with Gasteiger partial charge in [0.25, 0.3) is 0 Å². The van der Waals surface area contributed by atoms with E-state index in [0.717, 1.165) is 6.42 Å². The number of ether oxygens (including phenoxy) is 1. The molecule has 45 heavy (non-hydrogen) atoms. The Balaban J connectivity index is 1.70. The van der Waals surface area contributed by atoms with E-state index in [2.05, 4.69) is 158 Å². The molecule has 0 N–H and O–H groups in total. The molecule has 0 bridgehead atoms. The van der Waals surface area contributed by atoms with Crippen LogP contribution in [0.25, 0.3) is 21.4 Å². The molecular weight excluding hydrogens is 782 g/mol. The Bertz CT molecular complexity index is 1830. The fourth-order valence-electron chi connectivity index (χ4n) is 5.89. The fourth-order valence-corrected chi connectivity index (χ4v) is 13.9. The van der Waals surface area contributed by atoms with E-state index in [9.17, 15) is 0 Å². The van der Waals surface area contributed by atoms with Gasteiger partial charge in [-0.25, -0.2) is 0 Å². The van der Waals surface area contributed by atoms with Crippen molar-refractivity contribution < 1.29 is 22.7 Å². The second-order valence-electron chi connectivity index (χ2n) is 10.7. The first-order valence-electron chi connectivity index (χ1n) is 15.2. The third-order valence-corrected chi connectivity index (χ3v) is 15.6. The molecule has 5 heteroatoms. The summed E-state index contributed by atoms with van der Waals surface area (Å²) in [5, 5.41) is 5.23. The predicted molar refractivity (Wildman–Crippen MR) is 196 cm³/mol. The van der Waals surface area contributed by atoms with Gasteiger partial charge in [0.05, 0.1) is 0 Å². The van der Waals surface area contributed by atoms with E-state index in [1.807, 2.05) is 40.6 Å². The van der Waals surface area contributed by atoms with Crippen LogP contribution in [0.15, 0.2) is 150 Å². The summed E-state index contributed by atoms with van der Waals surface area (Å²) in [6, 6.07) is 42.4. The molecule has 0 spiro atoms. The molecule has 6 rings (SSSR count). The maximum atomic E-state index is 6.04. The molecule has 3 heterocycles. The summed E-state index contributed by atoms with van der Waals surface area (Å²) in [6.45, 7) is 5.56. The van der Waals surface area contributed by atoms with E-state index >= 15 is 0 Å². The van der Waals surface area contributed by atoms with Gasteiger partial charge in [-0.15, -0.1) is 0 Å². The molecule has 5 aromatic rings. The van der Waals surface area contributed by atoms with Crippen LogP contribution in [0.4, 0.5) is 0 Å². The topological polar surface area (TPSA) is 9.23 Å². The van der Waals surface area contributed by atoms with Crippen molar-refractivity contribution in [1.82, 2.24) is 0 Å². The Morgan fingerprint density at radius 2 is 1.31 bits per heavy atom. The van der Waals surface area contributed by atoms with Gasteiger partial charge in [-0.2, -0.15) is 0 Å². The Labute approximate surface area is 285 Å². The fraction of sp³-hybridized carbons (Fsp3) is 0.125. The summed E-state index contributed by atoms with van der Waals surface area (Å²) in [4.78, 5) is 5.11. The molecule has 0 saturated carbocycles. The third kappa shape index (κ3) is 6.56. The van der Waals surface area contributed by atoms with Gasteiger partial charge in [0.1, 0.15) is 0 Å². The van der Waals surface area contributed by atoms with Crippen molar-refractivity contribution in [1.29, 1.82) is 0 Å². The van der Waals surface area contributed by atoms with E-state index in [-0.39, 0.29) is 0 Å². The Morgan fingerprint density at radius 1 is 0.756 bits per heavy atom. The van der Waals surface area contributed by atoms with Crippen molar-refractivity contribution in [3.05, 3.63) is 160 Å². The molecule has 1 fully saturated rings. The van der Waals surface area contributed by atoms with Crippen molar-refractivity contribution in [2.24, 2.45) is 0 Å². The molecule has 0 aliphatic carbocycles. The molecule has 1 aliphatic heterocycles. The number of benzene rings is 3. The molecular formula is C40H35OOsPS2+. The third-order valence-electron chi connectivity index (χ3n) is 7.87. The SMILES string of the molecule is C/C=C/c1ccc(-c2ccc(C(C=C3COCC3=CCC)=C([C]#[Os])[P+](c3ccccc3)(c3ccccc3)c3ccccc3)s2)s1. The van der Waals surface area contributed by atoms with Gasteiger partial charge >= 0.3 is 287 Å². The van der Waals surface area contributed by atoms with E-state index in [1.54, 1.807) is 0 Å². The maximum absolute atomic E-state index is 6.04. The number of hydrogen-bond acceptors (Lipinski definition) is 3. The standard InChI is InChI=1S/C40H35OPS2.Os/c1-4-15-31-28-41-29-32(31)27-37(38-25-26-40(44-38)39-24-23-36(43-39)16-5-2)30(3)42(33-17-9-6-10-18-33,34-19-11-7-12-20-34)35-21-13-8-14-22-35;/h5-27H,4,28-29H2,1-2H3;/q+1;/b16-5+,31-15?,32-27?,37-30?;. The number of allylic oxidation sites excluding steroid dienone is 5. The summed E-state index contributed by atoms with van der Waals surface area (Å²) < 4.78 is 9.92. The molecule has 0 unspecified atom stereocenters. The summed E-state index contributed by atoms with van der Waals surface area (Å²) in [5.41, 5.74) is 3.79. The second-order valence-corrected chi connectivity index (χ2v) is 16.9. The molecule has 0 atom stereocenters. The van der Waals surface area contributed by atoms with Crippen molar-refractivity contribution >= 4 is 57.5 Å². The van der Waals surface area contributed by atoms with Crippen LogP contribution in [0.3, 0.4) is 0 Å². The first kappa shape index (κ1) is 31.8. The number of rotatable bonds is 9. The van der Waals surface area contributed by atoms with Crippen LogP contribution >= 0.6 is 29.9 Å². The zero-order valence-corrected chi connectivity index (χ0v) is 30.5. The predicted octanol–water partition coefficient (Wildman–Crippen LogP) is 10.0. The monoisotopic (exact) mass is 818 g/mol. The number of thiophene rings is 2. The molecule has 1 aliphatic rings. The second kappa shape index (κ2) is 14.9. The quantitative estimate of drug-likeness (QED) is 0.135. The van der Waals surface area contributed by atoms with Gasteiger partial charge in [-0.3, -0.25) is 0 Å². The van der Waals surface area contributed by atoms with Gasteiger partial charge < -0.3 is 0 Å². The van der Waals surface area contributed by atoms with Crippen molar-refractivity contribution in [2.45, 2.75) is 20.3 Å². The van der Waals surface area contributed by atoms with E-state index in [1.165, 1.54) is 57.5 Å². The summed E-state index contributed by atoms with van der Waals surface area (Å²) in [5.74, 6) is 0. The summed E-state index contributed by atoms with van der Waals surface area (Å²) in [6.07, 6.45) is 10.0. The van der Waals surface area contributed by atoms with Crippen LogP contribution in [0.1, 0.15) is 30.0 Å². The zero-order chi connectivity index (χ0) is 31.1. The Kier molecular flexibility index (Phi) is 10.6. The minimum absolute atomic E-state index is 0.623. The van der Waals surface area contributed by atoms with Gasteiger partial charge in [0.15, 0.2) is 0 Å². The minimum atomic E-state index is -2.37. The average molecular weight is 817 g/mol. The average Bonchev–Trinajstić information content (AvgIpc) is 3.86. The van der Waals surface area contributed by atoms with Crippen LogP contribution in [-0.2, 0) is 22.7 Å².